The Kier molecular flexibility index (Phi) is 5.81. The van der Waals surface area contributed by atoms with Gasteiger partial charge in [0.25, 0.3) is 0 Å². The fraction of sp³-hybridized carbons (Fsp3) is 0.130. The summed E-state index contributed by atoms with van der Waals surface area (Å²) < 4.78 is 6.22. The minimum absolute atomic E-state index is 0.180. The molecule has 0 saturated heterocycles. The maximum absolute atomic E-state index is 10.4. The molecular weight excluding hydrogens is 452 g/mol. The average Bonchev–Trinajstić information content (AvgIpc) is 2.73. The van der Waals surface area contributed by atoms with E-state index in [0.29, 0.717) is 5.02 Å². The predicted molar refractivity (Wildman–Crippen MR) is 120 cm³/mol. The van der Waals surface area contributed by atoms with Crippen molar-refractivity contribution in [2.45, 2.75) is 12.2 Å². The molecule has 0 fully saturated rings. The highest BCUT2D eigenvalue weighted by molar-refractivity contribution is 9.10. The van der Waals surface area contributed by atoms with Crippen LogP contribution in [0.4, 0.5) is 0 Å². The summed E-state index contributed by atoms with van der Waals surface area (Å²) in [6, 6.07) is 20.9. The van der Waals surface area contributed by atoms with Crippen molar-refractivity contribution in [2.75, 3.05) is 7.11 Å². The van der Waals surface area contributed by atoms with E-state index in [1.807, 2.05) is 60.7 Å². The second kappa shape index (κ2) is 8.49. The molecule has 0 aliphatic carbocycles. The maximum atomic E-state index is 10.4. The maximum Gasteiger partial charge on any atom is 0.133 e. The van der Waals surface area contributed by atoms with Gasteiger partial charge < -0.3 is 15.2 Å². The highest BCUT2D eigenvalue weighted by Gasteiger charge is 2.26. The lowest BCUT2D eigenvalue weighted by atomic mass is 9.98. The van der Waals surface area contributed by atoms with Crippen LogP contribution in [0.25, 0.3) is 5.70 Å². The van der Waals surface area contributed by atoms with E-state index < -0.39 is 0 Å². The largest absolute Gasteiger partial charge is 0.508 e. The molecule has 3 aromatic carbocycles. The lowest BCUT2D eigenvalue weighted by Gasteiger charge is -2.33. The average molecular weight is 472 g/mol. The van der Waals surface area contributed by atoms with Gasteiger partial charge in [0.1, 0.15) is 17.7 Å². The standard InChI is InChI=1S/C23H20BrClN2O2/c1-29-22-10-9-15(12-18(22)24)23-26-19(14-5-4-6-16(25)11-14)13-20(27-23)17-7-2-3-8-21(17)28/h2-13,20,23,26-28H,1H3. The van der Waals surface area contributed by atoms with E-state index in [1.165, 1.54) is 0 Å². The molecule has 1 aliphatic rings. The van der Waals surface area contributed by atoms with Crippen molar-refractivity contribution < 1.29 is 9.84 Å². The van der Waals surface area contributed by atoms with E-state index in [0.717, 1.165) is 32.6 Å². The van der Waals surface area contributed by atoms with Crippen LogP contribution in [0.5, 0.6) is 11.5 Å². The van der Waals surface area contributed by atoms with Crippen LogP contribution in [0.3, 0.4) is 0 Å². The molecule has 2 atom stereocenters. The number of benzene rings is 3. The van der Waals surface area contributed by atoms with Crippen molar-refractivity contribution in [3.63, 3.8) is 0 Å². The number of aromatic hydroxyl groups is 1. The van der Waals surface area contributed by atoms with E-state index in [4.69, 9.17) is 16.3 Å². The summed E-state index contributed by atoms with van der Waals surface area (Å²) in [6.07, 6.45) is 1.89. The molecule has 0 radical (unpaired) electrons. The van der Waals surface area contributed by atoms with Gasteiger partial charge in [-0.05, 0) is 63.5 Å². The van der Waals surface area contributed by atoms with Gasteiger partial charge in [0.05, 0.1) is 17.6 Å². The Morgan fingerprint density at radius 3 is 2.59 bits per heavy atom. The predicted octanol–water partition coefficient (Wildman–Crippen LogP) is 5.79. The van der Waals surface area contributed by atoms with E-state index in [2.05, 4.69) is 32.6 Å². The number of hydrogen-bond acceptors (Lipinski definition) is 4. The van der Waals surface area contributed by atoms with Gasteiger partial charge in [0, 0.05) is 16.3 Å². The van der Waals surface area contributed by atoms with E-state index in [9.17, 15) is 5.11 Å². The fourth-order valence-electron chi connectivity index (χ4n) is 3.45. The van der Waals surface area contributed by atoms with Crippen LogP contribution < -0.4 is 15.4 Å². The molecule has 4 rings (SSSR count). The SMILES string of the molecule is COc1ccc(C2NC(c3cccc(Cl)c3)=CC(c3ccccc3O)N2)cc1Br. The quantitative estimate of drug-likeness (QED) is 0.451. The molecule has 3 aromatic rings. The summed E-state index contributed by atoms with van der Waals surface area (Å²) in [5.41, 5.74) is 3.77. The zero-order valence-electron chi connectivity index (χ0n) is 15.7. The van der Waals surface area contributed by atoms with Crippen molar-refractivity contribution >= 4 is 33.2 Å². The number of nitrogens with one attached hydrogen (secondary N) is 2. The number of rotatable bonds is 4. The van der Waals surface area contributed by atoms with Crippen LogP contribution in [0, 0.1) is 0 Å². The molecule has 0 saturated carbocycles. The lowest BCUT2D eigenvalue weighted by Crippen LogP contribution is -2.39. The molecular formula is C23H20BrClN2O2. The van der Waals surface area contributed by atoms with Crippen LogP contribution in [0.1, 0.15) is 28.9 Å². The van der Waals surface area contributed by atoms with Crippen LogP contribution in [0.2, 0.25) is 5.02 Å². The first-order valence-corrected chi connectivity index (χ1v) is 10.3. The molecule has 0 aromatic heterocycles. The topological polar surface area (TPSA) is 53.5 Å². The Morgan fingerprint density at radius 1 is 1.03 bits per heavy atom. The molecule has 2 unspecified atom stereocenters. The summed E-state index contributed by atoms with van der Waals surface area (Å²) >= 11 is 9.78. The zero-order chi connectivity index (χ0) is 20.4. The Bertz CT molecular complexity index is 1070. The smallest absolute Gasteiger partial charge is 0.133 e. The van der Waals surface area contributed by atoms with Crippen molar-refractivity contribution in [1.29, 1.82) is 0 Å². The van der Waals surface area contributed by atoms with Crippen LogP contribution in [-0.4, -0.2) is 12.2 Å². The number of ether oxygens (including phenoxy) is 1. The van der Waals surface area contributed by atoms with Gasteiger partial charge in [0.15, 0.2) is 0 Å². The van der Waals surface area contributed by atoms with E-state index in [-0.39, 0.29) is 18.0 Å². The van der Waals surface area contributed by atoms with Gasteiger partial charge in [-0.1, -0.05) is 48.0 Å². The molecule has 0 amide bonds. The summed E-state index contributed by atoms with van der Waals surface area (Å²) in [6.45, 7) is 0. The molecule has 6 heteroatoms. The van der Waals surface area contributed by atoms with Crippen molar-refractivity contribution in [3.05, 3.63) is 99.0 Å². The number of hydrogen-bond donors (Lipinski definition) is 3. The summed E-state index contributed by atoms with van der Waals surface area (Å²) in [5, 5.41) is 18.2. The second-order valence-electron chi connectivity index (χ2n) is 6.77. The van der Waals surface area contributed by atoms with Crippen LogP contribution >= 0.6 is 27.5 Å². The van der Waals surface area contributed by atoms with Crippen molar-refractivity contribution in [2.24, 2.45) is 0 Å². The number of halogens is 2. The highest BCUT2D eigenvalue weighted by Crippen LogP contribution is 2.35. The Morgan fingerprint density at radius 2 is 1.86 bits per heavy atom. The van der Waals surface area contributed by atoms with Gasteiger partial charge in [-0.15, -0.1) is 0 Å². The first kappa shape index (κ1) is 19.8. The monoisotopic (exact) mass is 470 g/mol. The third-order valence-corrected chi connectivity index (χ3v) is 5.75. The van der Waals surface area contributed by atoms with Crippen molar-refractivity contribution in [1.82, 2.24) is 10.6 Å². The molecule has 0 spiro atoms. The van der Waals surface area contributed by atoms with Gasteiger partial charge >= 0.3 is 0 Å². The third kappa shape index (κ3) is 4.27. The fourth-order valence-corrected chi connectivity index (χ4v) is 4.20. The minimum Gasteiger partial charge on any atom is -0.508 e. The molecule has 148 valence electrons. The first-order chi connectivity index (χ1) is 14.0. The molecule has 3 N–H and O–H groups in total. The van der Waals surface area contributed by atoms with E-state index >= 15 is 0 Å². The lowest BCUT2D eigenvalue weighted by molar-refractivity contribution is 0.408. The molecule has 0 bridgehead atoms. The summed E-state index contributed by atoms with van der Waals surface area (Å²) in [4.78, 5) is 0. The van der Waals surface area contributed by atoms with Crippen LogP contribution in [-0.2, 0) is 0 Å². The normalized spacial score (nSPS) is 18.7. The van der Waals surface area contributed by atoms with Crippen LogP contribution in [0.15, 0.2) is 77.3 Å². The first-order valence-electron chi connectivity index (χ1n) is 9.17. The summed E-state index contributed by atoms with van der Waals surface area (Å²) in [5.74, 6) is 1.02. The minimum atomic E-state index is -0.183. The number of phenolic OH excluding ortho intramolecular Hbond substituents is 1. The van der Waals surface area contributed by atoms with Gasteiger partial charge in [-0.25, -0.2) is 0 Å². The number of methoxy groups -OCH3 is 1. The van der Waals surface area contributed by atoms with Gasteiger partial charge in [-0.2, -0.15) is 0 Å². The molecule has 1 heterocycles. The summed E-state index contributed by atoms with van der Waals surface area (Å²) in [7, 11) is 1.64. The van der Waals surface area contributed by atoms with Gasteiger partial charge in [0.2, 0.25) is 0 Å². The Hall–Kier alpha value is -2.47. The van der Waals surface area contributed by atoms with Gasteiger partial charge in [-0.3, -0.25) is 5.32 Å². The van der Waals surface area contributed by atoms with Crippen molar-refractivity contribution in [3.8, 4) is 11.5 Å². The zero-order valence-corrected chi connectivity index (χ0v) is 18.0. The highest BCUT2D eigenvalue weighted by atomic mass is 79.9. The molecule has 4 nitrogen and oxygen atoms in total. The number of phenols is 1. The Labute approximate surface area is 183 Å². The Balaban J connectivity index is 1.76. The second-order valence-corrected chi connectivity index (χ2v) is 8.06. The molecule has 29 heavy (non-hydrogen) atoms. The molecule has 1 aliphatic heterocycles. The third-order valence-electron chi connectivity index (χ3n) is 4.90. The number of para-hydroxylation sites is 1. The van der Waals surface area contributed by atoms with E-state index in [1.54, 1.807) is 13.2 Å².